The molecule has 4 heteroatoms. The summed E-state index contributed by atoms with van der Waals surface area (Å²) in [4.78, 5) is 6.84. The lowest BCUT2D eigenvalue weighted by Crippen LogP contribution is -2.29. The third-order valence-corrected chi connectivity index (χ3v) is 3.37. The van der Waals surface area contributed by atoms with E-state index in [0.29, 0.717) is 0 Å². The molecule has 0 atom stereocenters. The molecule has 1 aromatic rings. The first-order valence-electron chi connectivity index (χ1n) is 5.88. The summed E-state index contributed by atoms with van der Waals surface area (Å²) >= 11 is 3.38. The second kappa shape index (κ2) is 6.33. The summed E-state index contributed by atoms with van der Waals surface area (Å²) in [5.74, 6) is 0. The van der Waals surface area contributed by atoms with Gasteiger partial charge >= 0.3 is 0 Å². The Bertz CT molecular complexity index is 307. The summed E-state index contributed by atoms with van der Waals surface area (Å²) < 4.78 is 1.04. The maximum atomic E-state index is 4.32. The Kier molecular flexibility index (Phi) is 4.75. The molecule has 1 aliphatic rings. The SMILES string of the molecule is Brc1ccc(CNCCN2CCCC2)nc1. The van der Waals surface area contributed by atoms with Crippen LogP contribution in [0.15, 0.2) is 22.8 Å². The number of hydrogen-bond donors (Lipinski definition) is 1. The van der Waals surface area contributed by atoms with Crippen molar-refractivity contribution in [2.45, 2.75) is 19.4 Å². The van der Waals surface area contributed by atoms with E-state index in [2.05, 4.69) is 31.1 Å². The smallest absolute Gasteiger partial charge is 0.0542 e. The second-order valence-corrected chi connectivity index (χ2v) is 5.11. The van der Waals surface area contributed by atoms with Crippen LogP contribution in [0, 0.1) is 0 Å². The largest absolute Gasteiger partial charge is 0.310 e. The van der Waals surface area contributed by atoms with Crippen LogP contribution in [0.3, 0.4) is 0 Å². The highest BCUT2D eigenvalue weighted by atomic mass is 79.9. The van der Waals surface area contributed by atoms with Gasteiger partial charge in [0.1, 0.15) is 0 Å². The van der Waals surface area contributed by atoms with E-state index in [1.54, 1.807) is 0 Å². The molecule has 0 spiro atoms. The molecule has 3 nitrogen and oxygen atoms in total. The highest BCUT2D eigenvalue weighted by molar-refractivity contribution is 9.10. The Morgan fingerprint density at radius 1 is 1.31 bits per heavy atom. The Balaban J connectivity index is 1.62. The topological polar surface area (TPSA) is 28.2 Å². The van der Waals surface area contributed by atoms with Crippen LogP contribution in [-0.4, -0.2) is 36.1 Å². The van der Waals surface area contributed by atoms with Gasteiger partial charge in [0, 0.05) is 30.3 Å². The molecule has 0 radical (unpaired) electrons. The van der Waals surface area contributed by atoms with Gasteiger partial charge in [-0.25, -0.2) is 0 Å². The zero-order chi connectivity index (χ0) is 11.2. The molecule has 2 rings (SSSR count). The van der Waals surface area contributed by atoms with Crippen LogP contribution in [0.4, 0.5) is 0 Å². The molecule has 1 fully saturated rings. The maximum absolute atomic E-state index is 4.32. The molecule has 0 unspecified atom stereocenters. The summed E-state index contributed by atoms with van der Waals surface area (Å²) in [5.41, 5.74) is 1.10. The fourth-order valence-electron chi connectivity index (χ4n) is 1.97. The molecule has 88 valence electrons. The number of likely N-dealkylation sites (tertiary alicyclic amines) is 1. The molecule has 0 aliphatic carbocycles. The molecular weight excluding hydrogens is 266 g/mol. The Hall–Kier alpha value is -0.450. The van der Waals surface area contributed by atoms with Gasteiger partial charge in [-0.2, -0.15) is 0 Å². The van der Waals surface area contributed by atoms with E-state index in [0.717, 1.165) is 29.8 Å². The highest BCUT2D eigenvalue weighted by Crippen LogP contribution is 2.07. The number of nitrogens with one attached hydrogen (secondary N) is 1. The van der Waals surface area contributed by atoms with Gasteiger partial charge in [-0.15, -0.1) is 0 Å². The third kappa shape index (κ3) is 3.85. The zero-order valence-corrected chi connectivity index (χ0v) is 11.0. The van der Waals surface area contributed by atoms with Gasteiger partial charge in [-0.05, 0) is 54.0 Å². The van der Waals surface area contributed by atoms with Crippen molar-refractivity contribution in [3.63, 3.8) is 0 Å². The minimum absolute atomic E-state index is 0.862. The molecule has 1 aliphatic heterocycles. The Morgan fingerprint density at radius 3 is 2.81 bits per heavy atom. The lowest BCUT2D eigenvalue weighted by Gasteiger charge is -2.14. The average molecular weight is 284 g/mol. The first kappa shape index (κ1) is 12.0. The van der Waals surface area contributed by atoms with Gasteiger partial charge in [-0.3, -0.25) is 4.98 Å². The number of nitrogens with zero attached hydrogens (tertiary/aromatic N) is 2. The quantitative estimate of drug-likeness (QED) is 0.839. The van der Waals surface area contributed by atoms with Crippen molar-refractivity contribution in [3.8, 4) is 0 Å². The van der Waals surface area contributed by atoms with Crippen molar-refractivity contribution in [1.29, 1.82) is 0 Å². The lowest BCUT2D eigenvalue weighted by atomic mass is 10.3. The summed E-state index contributed by atoms with van der Waals surface area (Å²) in [5, 5.41) is 3.43. The first-order valence-corrected chi connectivity index (χ1v) is 6.67. The number of pyridine rings is 1. The van der Waals surface area contributed by atoms with Crippen LogP contribution >= 0.6 is 15.9 Å². The minimum Gasteiger partial charge on any atom is -0.310 e. The summed E-state index contributed by atoms with van der Waals surface area (Å²) in [6.45, 7) is 5.63. The molecule has 2 heterocycles. The van der Waals surface area contributed by atoms with E-state index in [-0.39, 0.29) is 0 Å². The van der Waals surface area contributed by atoms with Gasteiger partial charge in [0.2, 0.25) is 0 Å². The average Bonchev–Trinajstić information content (AvgIpc) is 2.80. The molecule has 1 saturated heterocycles. The Morgan fingerprint density at radius 2 is 2.12 bits per heavy atom. The minimum atomic E-state index is 0.862. The summed E-state index contributed by atoms with van der Waals surface area (Å²) in [7, 11) is 0. The van der Waals surface area contributed by atoms with Gasteiger partial charge < -0.3 is 10.2 Å². The molecule has 0 aromatic carbocycles. The van der Waals surface area contributed by atoms with Gasteiger partial charge in [-0.1, -0.05) is 0 Å². The van der Waals surface area contributed by atoms with Crippen LogP contribution in [0.5, 0.6) is 0 Å². The van der Waals surface area contributed by atoms with Crippen molar-refractivity contribution in [2.75, 3.05) is 26.2 Å². The van der Waals surface area contributed by atoms with Crippen LogP contribution in [-0.2, 0) is 6.54 Å². The highest BCUT2D eigenvalue weighted by Gasteiger charge is 2.09. The van der Waals surface area contributed by atoms with Crippen LogP contribution < -0.4 is 5.32 Å². The number of aromatic nitrogens is 1. The van der Waals surface area contributed by atoms with Gasteiger partial charge in [0.05, 0.1) is 5.69 Å². The van der Waals surface area contributed by atoms with Crippen molar-refractivity contribution in [2.24, 2.45) is 0 Å². The predicted octanol–water partition coefficient (Wildman–Crippen LogP) is 2.03. The van der Waals surface area contributed by atoms with Crippen molar-refractivity contribution < 1.29 is 0 Å². The van der Waals surface area contributed by atoms with E-state index in [1.165, 1.54) is 25.9 Å². The third-order valence-electron chi connectivity index (χ3n) is 2.90. The van der Waals surface area contributed by atoms with Crippen molar-refractivity contribution >= 4 is 15.9 Å². The number of halogens is 1. The molecule has 0 saturated carbocycles. The van der Waals surface area contributed by atoms with Crippen LogP contribution in [0.2, 0.25) is 0 Å². The van der Waals surface area contributed by atoms with E-state index >= 15 is 0 Å². The van der Waals surface area contributed by atoms with Crippen molar-refractivity contribution in [1.82, 2.24) is 15.2 Å². The van der Waals surface area contributed by atoms with E-state index in [9.17, 15) is 0 Å². The van der Waals surface area contributed by atoms with Gasteiger partial charge in [0.15, 0.2) is 0 Å². The summed E-state index contributed by atoms with van der Waals surface area (Å²) in [6.07, 6.45) is 4.58. The normalized spacial score (nSPS) is 16.8. The summed E-state index contributed by atoms with van der Waals surface area (Å²) in [6, 6.07) is 4.08. The molecule has 0 bridgehead atoms. The first-order chi connectivity index (χ1) is 7.84. The lowest BCUT2D eigenvalue weighted by molar-refractivity contribution is 0.335. The van der Waals surface area contributed by atoms with E-state index in [4.69, 9.17) is 0 Å². The van der Waals surface area contributed by atoms with Crippen LogP contribution in [0.25, 0.3) is 0 Å². The molecule has 0 amide bonds. The van der Waals surface area contributed by atoms with Crippen LogP contribution in [0.1, 0.15) is 18.5 Å². The molecule has 1 aromatic heterocycles. The molecule has 1 N–H and O–H groups in total. The second-order valence-electron chi connectivity index (χ2n) is 4.19. The number of hydrogen-bond acceptors (Lipinski definition) is 3. The monoisotopic (exact) mass is 283 g/mol. The number of rotatable bonds is 5. The van der Waals surface area contributed by atoms with Gasteiger partial charge in [0.25, 0.3) is 0 Å². The van der Waals surface area contributed by atoms with Crippen molar-refractivity contribution in [3.05, 3.63) is 28.5 Å². The molecular formula is C12H18BrN3. The maximum Gasteiger partial charge on any atom is 0.0542 e. The van der Waals surface area contributed by atoms with E-state index in [1.807, 2.05) is 18.3 Å². The standard InChI is InChI=1S/C12H18BrN3/c13-11-3-4-12(15-9-11)10-14-5-8-16-6-1-2-7-16/h3-4,9,14H,1-2,5-8,10H2. The molecule has 16 heavy (non-hydrogen) atoms. The predicted molar refractivity (Wildman–Crippen MR) is 69.3 cm³/mol. The Labute approximate surface area is 105 Å². The fourth-order valence-corrected chi connectivity index (χ4v) is 2.21. The zero-order valence-electron chi connectivity index (χ0n) is 9.45. The van der Waals surface area contributed by atoms with E-state index < -0.39 is 0 Å². The fraction of sp³-hybridized carbons (Fsp3) is 0.583.